The van der Waals surface area contributed by atoms with Gasteiger partial charge in [0.15, 0.2) is 0 Å². The molecule has 0 aliphatic rings. The van der Waals surface area contributed by atoms with E-state index in [-0.39, 0.29) is 10.5 Å². The molecular formula is C22H17N3O4S. The maximum Gasteiger partial charge on any atom is 0.266 e. The molecule has 0 atom stereocenters. The van der Waals surface area contributed by atoms with Crippen molar-refractivity contribution in [3.63, 3.8) is 0 Å². The molecule has 0 bridgehead atoms. The zero-order valence-electron chi connectivity index (χ0n) is 15.9. The van der Waals surface area contributed by atoms with E-state index >= 15 is 0 Å². The van der Waals surface area contributed by atoms with Gasteiger partial charge in [0.25, 0.3) is 15.6 Å². The quantitative estimate of drug-likeness (QED) is 0.548. The van der Waals surface area contributed by atoms with Crippen LogP contribution in [0.3, 0.4) is 0 Å². The average molecular weight is 419 g/mol. The van der Waals surface area contributed by atoms with Gasteiger partial charge in [0.05, 0.1) is 21.5 Å². The van der Waals surface area contributed by atoms with Crippen LogP contribution in [0.2, 0.25) is 0 Å². The molecule has 0 radical (unpaired) electrons. The zero-order valence-corrected chi connectivity index (χ0v) is 16.8. The van der Waals surface area contributed by atoms with Crippen molar-refractivity contribution < 1.29 is 13.2 Å². The Morgan fingerprint density at radius 2 is 1.53 bits per heavy atom. The summed E-state index contributed by atoms with van der Waals surface area (Å²) in [6.45, 7) is 1.12. The maximum absolute atomic E-state index is 13.3. The Morgan fingerprint density at radius 1 is 0.900 bits per heavy atom. The third kappa shape index (κ3) is 3.60. The number of hydrogen-bond donors (Lipinski definition) is 1. The van der Waals surface area contributed by atoms with Crippen LogP contribution in [-0.2, 0) is 14.8 Å². The first-order chi connectivity index (χ1) is 14.4. The standard InChI is InChI=1S/C22H17N3O4S/c1-15(26)24-30(28,29)18-13-11-17(12-14-18)25-21(16-7-3-2-4-8-16)23-20-10-6-5-9-19(20)22(25)27/h2-14H,1H3,(H,24,26). The van der Waals surface area contributed by atoms with Crippen LogP contribution >= 0.6 is 0 Å². The minimum Gasteiger partial charge on any atom is -0.274 e. The minimum atomic E-state index is -3.97. The molecule has 0 saturated heterocycles. The topological polar surface area (TPSA) is 98.1 Å². The molecule has 0 unspecified atom stereocenters. The fourth-order valence-corrected chi connectivity index (χ4v) is 4.17. The number of fused-ring (bicyclic) bond motifs is 1. The van der Waals surface area contributed by atoms with E-state index < -0.39 is 15.9 Å². The van der Waals surface area contributed by atoms with Gasteiger partial charge in [0.2, 0.25) is 5.91 Å². The number of carbonyl (C=O) groups is 1. The molecule has 4 aromatic rings. The minimum absolute atomic E-state index is 0.0792. The van der Waals surface area contributed by atoms with Crippen LogP contribution in [-0.4, -0.2) is 23.9 Å². The van der Waals surface area contributed by atoms with Gasteiger partial charge in [-0.3, -0.25) is 14.2 Å². The monoisotopic (exact) mass is 419 g/mol. The summed E-state index contributed by atoms with van der Waals surface area (Å²) in [4.78, 5) is 29.0. The van der Waals surface area contributed by atoms with E-state index in [1.807, 2.05) is 41.1 Å². The van der Waals surface area contributed by atoms with Crippen molar-refractivity contribution in [2.45, 2.75) is 11.8 Å². The van der Waals surface area contributed by atoms with Gasteiger partial charge in [-0.1, -0.05) is 42.5 Å². The van der Waals surface area contributed by atoms with Gasteiger partial charge in [-0.05, 0) is 36.4 Å². The SMILES string of the molecule is CC(=O)NS(=O)(=O)c1ccc(-n2c(-c3ccccc3)nc3ccccc3c2=O)cc1. The van der Waals surface area contributed by atoms with Crippen molar-refractivity contribution in [3.8, 4) is 17.1 Å². The van der Waals surface area contributed by atoms with Crippen molar-refractivity contribution >= 4 is 26.8 Å². The van der Waals surface area contributed by atoms with E-state index in [9.17, 15) is 18.0 Å². The van der Waals surface area contributed by atoms with Crippen LogP contribution in [0.15, 0.2) is 88.6 Å². The second kappa shape index (κ2) is 7.57. The number of carbonyl (C=O) groups excluding carboxylic acids is 1. The van der Waals surface area contributed by atoms with Crippen molar-refractivity contribution in [3.05, 3.63) is 89.2 Å². The Kier molecular flexibility index (Phi) is 4.93. The molecular weight excluding hydrogens is 402 g/mol. The molecule has 0 fully saturated rings. The summed E-state index contributed by atoms with van der Waals surface area (Å²) in [6, 6.07) is 22.0. The highest BCUT2D eigenvalue weighted by Gasteiger charge is 2.18. The van der Waals surface area contributed by atoms with Crippen LogP contribution in [0.4, 0.5) is 0 Å². The van der Waals surface area contributed by atoms with Crippen LogP contribution in [0, 0.1) is 0 Å². The number of nitrogens with one attached hydrogen (secondary N) is 1. The summed E-state index contributed by atoms with van der Waals surface area (Å²) in [6.07, 6.45) is 0. The lowest BCUT2D eigenvalue weighted by atomic mass is 10.1. The Bertz CT molecular complexity index is 1410. The second-order valence-corrected chi connectivity index (χ2v) is 8.30. The largest absolute Gasteiger partial charge is 0.274 e. The van der Waals surface area contributed by atoms with Gasteiger partial charge >= 0.3 is 0 Å². The van der Waals surface area contributed by atoms with E-state index in [2.05, 4.69) is 4.98 Å². The molecule has 3 aromatic carbocycles. The average Bonchev–Trinajstić information content (AvgIpc) is 2.73. The Labute approximate surface area is 172 Å². The molecule has 0 aliphatic heterocycles. The smallest absolute Gasteiger partial charge is 0.266 e. The van der Waals surface area contributed by atoms with Crippen molar-refractivity contribution in [1.82, 2.24) is 14.3 Å². The fraction of sp³-hybridized carbons (Fsp3) is 0.0455. The fourth-order valence-electron chi connectivity index (χ4n) is 3.18. The van der Waals surface area contributed by atoms with Gasteiger partial charge in [0, 0.05) is 12.5 Å². The molecule has 30 heavy (non-hydrogen) atoms. The van der Waals surface area contributed by atoms with Crippen molar-refractivity contribution in [2.24, 2.45) is 0 Å². The van der Waals surface area contributed by atoms with Crippen LogP contribution in [0.25, 0.3) is 28.0 Å². The number of amides is 1. The highest BCUT2D eigenvalue weighted by atomic mass is 32.2. The van der Waals surface area contributed by atoms with Crippen LogP contribution < -0.4 is 10.3 Å². The van der Waals surface area contributed by atoms with E-state index in [0.717, 1.165) is 12.5 Å². The lowest BCUT2D eigenvalue weighted by Crippen LogP contribution is -2.28. The van der Waals surface area contributed by atoms with Crippen molar-refractivity contribution in [2.75, 3.05) is 0 Å². The molecule has 0 aliphatic carbocycles. The molecule has 0 saturated carbocycles. The summed E-state index contributed by atoms with van der Waals surface area (Å²) >= 11 is 0. The van der Waals surface area contributed by atoms with Gasteiger partial charge < -0.3 is 0 Å². The molecule has 1 aromatic heterocycles. The first kappa shape index (κ1) is 19.5. The van der Waals surface area contributed by atoms with Crippen LogP contribution in [0.5, 0.6) is 0 Å². The molecule has 7 nitrogen and oxygen atoms in total. The van der Waals surface area contributed by atoms with Gasteiger partial charge in [-0.25, -0.2) is 18.1 Å². The maximum atomic E-state index is 13.3. The number of benzene rings is 3. The molecule has 0 spiro atoms. The first-order valence-corrected chi connectivity index (χ1v) is 10.6. The summed E-state index contributed by atoms with van der Waals surface area (Å²) in [7, 11) is -3.97. The van der Waals surface area contributed by atoms with Crippen LogP contribution in [0.1, 0.15) is 6.92 Å². The van der Waals surface area contributed by atoms with Gasteiger partial charge in [-0.15, -0.1) is 0 Å². The predicted octanol–water partition coefficient (Wildman–Crippen LogP) is 2.88. The number of nitrogens with zero attached hydrogens (tertiary/aromatic N) is 2. The van der Waals surface area contributed by atoms with E-state index in [1.165, 1.54) is 28.8 Å². The third-order valence-electron chi connectivity index (χ3n) is 4.49. The third-order valence-corrected chi connectivity index (χ3v) is 5.94. The summed E-state index contributed by atoms with van der Waals surface area (Å²) in [5, 5.41) is 0.451. The molecule has 1 amide bonds. The Hall–Kier alpha value is -3.78. The molecule has 150 valence electrons. The lowest BCUT2D eigenvalue weighted by molar-refractivity contribution is -0.117. The number of rotatable bonds is 4. The van der Waals surface area contributed by atoms with Crippen molar-refractivity contribution in [1.29, 1.82) is 0 Å². The van der Waals surface area contributed by atoms with E-state index in [0.29, 0.717) is 22.4 Å². The highest BCUT2D eigenvalue weighted by Crippen LogP contribution is 2.23. The molecule has 8 heteroatoms. The lowest BCUT2D eigenvalue weighted by Gasteiger charge is -2.14. The highest BCUT2D eigenvalue weighted by molar-refractivity contribution is 7.90. The first-order valence-electron chi connectivity index (χ1n) is 9.08. The summed E-state index contributed by atoms with van der Waals surface area (Å²) in [5.74, 6) is -0.239. The predicted molar refractivity (Wildman–Crippen MR) is 114 cm³/mol. The van der Waals surface area contributed by atoms with Gasteiger partial charge in [-0.2, -0.15) is 0 Å². The normalized spacial score (nSPS) is 11.4. The Balaban J connectivity index is 1.93. The second-order valence-electron chi connectivity index (χ2n) is 6.61. The number of aromatic nitrogens is 2. The number of hydrogen-bond acceptors (Lipinski definition) is 5. The molecule has 1 heterocycles. The molecule has 1 N–H and O–H groups in total. The number of para-hydroxylation sites is 1. The molecule has 4 rings (SSSR count). The zero-order chi connectivity index (χ0) is 21.3. The van der Waals surface area contributed by atoms with E-state index in [1.54, 1.807) is 18.2 Å². The number of sulfonamides is 1. The van der Waals surface area contributed by atoms with Gasteiger partial charge in [0.1, 0.15) is 5.82 Å². The Morgan fingerprint density at radius 3 is 2.20 bits per heavy atom. The summed E-state index contributed by atoms with van der Waals surface area (Å²) < 4.78 is 27.8. The van der Waals surface area contributed by atoms with E-state index in [4.69, 9.17) is 0 Å². The summed E-state index contributed by atoms with van der Waals surface area (Å²) in [5.41, 5.74) is 1.51.